The predicted molar refractivity (Wildman–Crippen MR) is 78.9 cm³/mol. The van der Waals surface area contributed by atoms with Crippen molar-refractivity contribution in [3.63, 3.8) is 0 Å². The number of alkyl halides is 3. The van der Waals surface area contributed by atoms with E-state index in [0.29, 0.717) is 6.07 Å². The zero-order chi connectivity index (χ0) is 16.5. The third-order valence-electron chi connectivity index (χ3n) is 3.03. The minimum absolute atomic E-state index is 0.00951. The third-order valence-corrected chi connectivity index (χ3v) is 5.44. The van der Waals surface area contributed by atoms with Gasteiger partial charge >= 0.3 is 6.18 Å². The molecule has 3 N–H and O–H groups in total. The lowest BCUT2D eigenvalue weighted by atomic mass is 10.1. The first-order chi connectivity index (χ1) is 10.1. The van der Waals surface area contributed by atoms with Crippen molar-refractivity contribution in [2.24, 2.45) is 0 Å². The molecular weight excluding hydrogens is 337 g/mol. The Kier molecular flexibility index (Phi) is 4.50. The van der Waals surface area contributed by atoms with Crippen molar-refractivity contribution >= 4 is 27.0 Å². The average Bonchev–Trinajstić information content (AvgIpc) is 2.91. The highest BCUT2D eigenvalue weighted by Crippen LogP contribution is 2.34. The Morgan fingerprint density at radius 2 is 2.00 bits per heavy atom. The molecule has 22 heavy (non-hydrogen) atoms. The molecule has 4 nitrogen and oxygen atoms in total. The van der Waals surface area contributed by atoms with Crippen LogP contribution in [0.1, 0.15) is 16.0 Å². The maximum Gasteiger partial charge on any atom is 0.416 e. The molecule has 0 aliphatic carbocycles. The van der Waals surface area contributed by atoms with Gasteiger partial charge in [0, 0.05) is 17.1 Å². The second kappa shape index (κ2) is 5.90. The van der Waals surface area contributed by atoms with Crippen molar-refractivity contribution in [1.29, 1.82) is 0 Å². The van der Waals surface area contributed by atoms with Crippen LogP contribution in [0.25, 0.3) is 0 Å². The van der Waals surface area contributed by atoms with E-state index in [2.05, 4.69) is 4.72 Å². The molecule has 1 heterocycles. The standard InChI is InChI=1S/C13H13F3N2O2S2/c1-8-11(17)5-9(13(14,15)16)6-12(8)22(19,20)18-7-10-3-2-4-21-10/h2-6,18H,7,17H2,1H3. The lowest BCUT2D eigenvalue weighted by molar-refractivity contribution is -0.137. The van der Waals surface area contributed by atoms with Crippen LogP contribution < -0.4 is 10.5 Å². The fourth-order valence-corrected chi connectivity index (χ4v) is 3.85. The monoisotopic (exact) mass is 350 g/mol. The average molecular weight is 350 g/mol. The molecule has 0 spiro atoms. The van der Waals surface area contributed by atoms with E-state index in [0.717, 1.165) is 10.9 Å². The molecule has 1 aromatic carbocycles. The number of benzene rings is 1. The highest BCUT2D eigenvalue weighted by Gasteiger charge is 2.33. The van der Waals surface area contributed by atoms with E-state index in [4.69, 9.17) is 5.73 Å². The van der Waals surface area contributed by atoms with Crippen LogP contribution in [-0.4, -0.2) is 8.42 Å². The maximum absolute atomic E-state index is 12.8. The highest BCUT2D eigenvalue weighted by atomic mass is 32.2. The molecule has 0 radical (unpaired) electrons. The molecule has 0 unspecified atom stereocenters. The normalized spacial score (nSPS) is 12.5. The summed E-state index contributed by atoms with van der Waals surface area (Å²) in [5.74, 6) is 0. The smallest absolute Gasteiger partial charge is 0.398 e. The van der Waals surface area contributed by atoms with Crippen LogP contribution in [0, 0.1) is 6.92 Å². The molecule has 0 saturated carbocycles. The zero-order valence-corrected chi connectivity index (χ0v) is 13.1. The summed E-state index contributed by atoms with van der Waals surface area (Å²) in [6.45, 7) is 1.38. The van der Waals surface area contributed by atoms with Crippen LogP contribution in [0.5, 0.6) is 0 Å². The van der Waals surface area contributed by atoms with Gasteiger partial charge in [-0.3, -0.25) is 0 Å². The van der Waals surface area contributed by atoms with Crippen LogP contribution in [0.2, 0.25) is 0 Å². The van der Waals surface area contributed by atoms with E-state index >= 15 is 0 Å². The van der Waals surface area contributed by atoms with E-state index in [1.807, 2.05) is 0 Å². The predicted octanol–water partition coefficient (Wildman–Crippen LogP) is 3.14. The van der Waals surface area contributed by atoms with Gasteiger partial charge in [-0.15, -0.1) is 11.3 Å². The van der Waals surface area contributed by atoms with Crippen molar-refractivity contribution in [2.75, 3.05) is 5.73 Å². The zero-order valence-electron chi connectivity index (χ0n) is 11.4. The molecule has 0 saturated heterocycles. The van der Waals surface area contributed by atoms with Gasteiger partial charge in [-0.05, 0) is 36.1 Å². The summed E-state index contributed by atoms with van der Waals surface area (Å²) in [6.07, 6.45) is -4.67. The quantitative estimate of drug-likeness (QED) is 0.832. The van der Waals surface area contributed by atoms with Crippen LogP contribution in [0.3, 0.4) is 0 Å². The van der Waals surface area contributed by atoms with E-state index in [1.165, 1.54) is 18.3 Å². The van der Waals surface area contributed by atoms with Crippen LogP contribution >= 0.6 is 11.3 Å². The lowest BCUT2D eigenvalue weighted by Gasteiger charge is -2.14. The molecule has 9 heteroatoms. The van der Waals surface area contributed by atoms with E-state index in [1.54, 1.807) is 17.5 Å². The lowest BCUT2D eigenvalue weighted by Crippen LogP contribution is -2.24. The van der Waals surface area contributed by atoms with Crippen molar-refractivity contribution in [3.05, 3.63) is 45.6 Å². The Labute approximate surface area is 129 Å². The number of nitrogens with two attached hydrogens (primary N) is 1. The van der Waals surface area contributed by atoms with E-state index in [-0.39, 0.29) is 17.8 Å². The topological polar surface area (TPSA) is 72.2 Å². The molecule has 0 aliphatic rings. The molecular formula is C13H13F3N2O2S2. The van der Waals surface area contributed by atoms with E-state index < -0.39 is 26.7 Å². The maximum atomic E-state index is 12.8. The number of hydrogen-bond donors (Lipinski definition) is 2. The second-order valence-electron chi connectivity index (χ2n) is 4.59. The SMILES string of the molecule is Cc1c(N)cc(C(F)(F)F)cc1S(=O)(=O)NCc1cccs1. The number of anilines is 1. The van der Waals surface area contributed by atoms with Gasteiger partial charge in [-0.1, -0.05) is 6.07 Å². The molecule has 2 rings (SSSR count). The number of halogens is 3. The summed E-state index contributed by atoms with van der Waals surface area (Å²) in [6, 6.07) is 4.80. The molecule has 0 fully saturated rings. The summed E-state index contributed by atoms with van der Waals surface area (Å²) in [5.41, 5.74) is 4.30. The molecule has 2 aromatic rings. The first-order valence-electron chi connectivity index (χ1n) is 6.10. The van der Waals surface area contributed by atoms with Crippen molar-refractivity contribution in [1.82, 2.24) is 4.72 Å². The summed E-state index contributed by atoms with van der Waals surface area (Å²) in [7, 11) is -4.10. The molecule has 120 valence electrons. The van der Waals surface area contributed by atoms with Gasteiger partial charge in [0.1, 0.15) is 0 Å². The number of sulfonamides is 1. The van der Waals surface area contributed by atoms with Crippen molar-refractivity contribution in [3.8, 4) is 0 Å². The largest absolute Gasteiger partial charge is 0.416 e. The van der Waals surface area contributed by atoms with Gasteiger partial charge in [0.2, 0.25) is 10.0 Å². The Morgan fingerprint density at radius 3 is 2.55 bits per heavy atom. The first-order valence-corrected chi connectivity index (χ1v) is 8.47. The van der Waals surface area contributed by atoms with Crippen LogP contribution in [-0.2, 0) is 22.7 Å². The van der Waals surface area contributed by atoms with Crippen LogP contribution in [0.15, 0.2) is 34.5 Å². The molecule has 0 amide bonds. The number of nitrogen functional groups attached to an aromatic ring is 1. The third kappa shape index (κ3) is 3.60. The summed E-state index contributed by atoms with van der Waals surface area (Å²) in [4.78, 5) is 0.289. The molecule has 0 aliphatic heterocycles. The number of thiophene rings is 1. The van der Waals surface area contributed by atoms with Gasteiger partial charge in [-0.25, -0.2) is 13.1 Å². The van der Waals surface area contributed by atoms with Crippen molar-refractivity contribution < 1.29 is 21.6 Å². The van der Waals surface area contributed by atoms with Gasteiger partial charge in [0.05, 0.1) is 10.5 Å². The fraction of sp³-hybridized carbons (Fsp3) is 0.231. The Balaban J connectivity index is 2.39. The molecule has 0 bridgehead atoms. The number of hydrogen-bond acceptors (Lipinski definition) is 4. The van der Waals surface area contributed by atoms with Crippen molar-refractivity contribution in [2.45, 2.75) is 24.5 Å². The summed E-state index contributed by atoms with van der Waals surface area (Å²) >= 11 is 1.34. The van der Waals surface area contributed by atoms with E-state index in [9.17, 15) is 21.6 Å². The Hall–Kier alpha value is -1.58. The minimum atomic E-state index is -4.67. The number of nitrogens with one attached hydrogen (secondary N) is 1. The fourth-order valence-electron chi connectivity index (χ4n) is 1.81. The van der Waals surface area contributed by atoms with Gasteiger partial charge in [0.15, 0.2) is 0 Å². The summed E-state index contributed by atoms with van der Waals surface area (Å²) in [5, 5.41) is 1.77. The van der Waals surface area contributed by atoms with Crippen LogP contribution in [0.4, 0.5) is 18.9 Å². The minimum Gasteiger partial charge on any atom is -0.398 e. The summed E-state index contributed by atoms with van der Waals surface area (Å²) < 4.78 is 65.2. The van der Waals surface area contributed by atoms with Gasteiger partial charge in [0.25, 0.3) is 0 Å². The highest BCUT2D eigenvalue weighted by molar-refractivity contribution is 7.89. The first kappa shape index (κ1) is 16.8. The van der Waals surface area contributed by atoms with Gasteiger partial charge in [-0.2, -0.15) is 13.2 Å². The Bertz CT molecular complexity index is 769. The molecule has 0 atom stereocenters. The second-order valence-corrected chi connectivity index (χ2v) is 7.36. The number of rotatable bonds is 4. The van der Waals surface area contributed by atoms with Gasteiger partial charge < -0.3 is 5.73 Å². The molecule has 1 aromatic heterocycles. The Morgan fingerprint density at radius 1 is 1.32 bits per heavy atom.